The summed E-state index contributed by atoms with van der Waals surface area (Å²) in [5.41, 5.74) is 1.54. The third-order valence-corrected chi connectivity index (χ3v) is 5.08. The van der Waals surface area contributed by atoms with Crippen molar-refractivity contribution in [1.82, 2.24) is 9.88 Å². The lowest BCUT2D eigenvalue weighted by atomic mass is 10.0. The number of carbonyl (C=O) groups excluding carboxylic acids is 1. The van der Waals surface area contributed by atoms with Gasteiger partial charge >= 0.3 is 6.09 Å². The van der Waals surface area contributed by atoms with Crippen molar-refractivity contribution in [1.29, 1.82) is 0 Å². The van der Waals surface area contributed by atoms with Crippen LogP contribution in [0.3, 0.4) is 0 Å². The lowest BCUT2D eigenvalue weighted by Gasteiger charge is -2.33. The Labute approximate surface area is 159 Å². The van der Waals surface area contributed by atoms with E-state index in [4.69, 9.17) is 9.72 Å². The van der Waals surface area contributed by atoms with E-state index in [-0.39, 0.29) is 24.9 Å². The standard InChI is InChI=1S/C20H29F2N3O2/c1-14-13-25(18(26)27-19(2,3)4)10-7-15-5-6-16(23-17(14)15)24-11-8-20(21,22)9-12-24/h5-6,14H,7-13H2,1-4H3/t14-/m0/s1. The number of ether oxygens (including phenoxy) is 1. The molecule has 7 heteroatoms. The van der Waals surface area contributed by atoms with Gasteiger partial charge in [-0.1, -0.05) is 13.0 Å². The van der Waals surface area contributed by atoms with Gasteiger partial charge < -0.3 is 14.5 Å². The second-order valence-corrected chi connectivity index (χ2v) is 8.63. The van der Waals surface area contributed by atoms with Gasteiger partial charge in [-0.05, 0) is 38.8 Å². The molecule has 3 rings (SSSR count). The zero-order valence-electron chi connectivity index (χ0n) is 16.6. The van der Waals surface area contributed by atoms with Crippen molar-refractivity contribution in [2.24, 2.45) is 0 Å². The van der Waals surface area contributed by atoms with Crippen LogP contribution in [0.2, 0.25) is 0 Å². The molecule has 0 aliphatic carbocycles. The van der Waals surface area contributed by atoms with E-state index in [2.05, 4.69) is 0 Å². The number of hydrogen-bond donors (Lipinski definition) is 0. The Morgan fingerprint density at radius 2 is 1.89 bits per heavy atom. The SMILES string of the molecule is C[C@H]1CN(C(=O)OC(C)(C)C)CCc2ccc(N3CCC(F)(F)CC3)nc21. The highest BCUT2D eigenvalue weighted by atomic mass is 19.3. The summed E-state index contributed by atoms with van der Waals surface area (Å²) >= 11 is 0. The number of rotatable bonds is 1. The molecule has 1 saturated heterocycles. The number of hydrogen-bond acceptors (Lipinski definition) is 4. The third kappa shape index (κ3) is 4.87. The molecule has 0 saturated carbocycles. The largest absolute Gasteiger partial charge is 0.444 e. The maximum atomic E-state index is 13.4. The fourth-order valence-electron chi connectivity index (χ4n) is 3.63. The van der Waals surface area contributed by atoms with E-state index in [1.807, 2.05) is 44.7 Å². The van der Waals surface area contributed by atoms with E-state index < -0.39 is 11.5 Å². The Morgan fingerprint density at radius 3 is 2.52 bits per heavy atom. The normalized spacial score (nSPS) is 22.8. The van der Waals surface area contributed by atoms with Crippen LogP contribution < -0.4 is 4.90 Å². The minimum Gasteiger partial charge on any atom is -0.444 e. The molecule has 27 heavy (non-hydrogen) atoms. The first kappa shape index (κ1) is 19.8. The molecule has 0 radical (unpaired) electrons. The molecule has 1 atom stereocenters. The van der Waals surface area contributed by atoms with Crippen LogP contribution in [0.1, 0.15) is 57.7 Å². The van der Waals surface area contributed by atoms with Gasteiger partial charge in [0.15, 0.2) is 0 Å². The van der Waals surface area contributed by atoms with E-state index in [0.29, 0.717) is 32.6 Å². The molecule has 1 aromatic heterocycles. The number of pyridine rings is 1. The average molecular weight is 381 g/mol. The van der Waals surface area contributed by atoms with Crippen molar-refractivity contribution >= 4 is 11.9 Å². The predicted molar refractivity (Wildman–Crippen MR) is 101 cm³/mol. The zero-order chi connectivity index (χ0) is 19.8. The van der Waals surface area contributed by atoms with E-state index in [1.54, 1.807) is 4.90 Å². The number of piperidine rings is 1. The van der Waals surface area contributed by atoms with E-state index in [9.17, 15) is 13.6 Å². The van der Waals surface area contributed by atoms with Gasteiger partial charge in [0, 0.05) is 44.9 Å². The summed E-state index contributed by atoms with van der Waals surface area (Å²) in [6.07, 6.45) is 0.145. The van der Waals surface area contributed by atoms with Crippen molar-refractivity contribution in [2.45, 2.75) is 64.4 Å². The summed E-state index contributed by atoms with van der Waals surface area (Å²) in [6.45, 7) is 9.38. The van der Waals surface area contributed by atoms with Crippen molar-refractivity contribution in [3.63, 3.8) is 0 Å². The number of nitrogens with zero attached hydrogens (tertiary/aromatic N) is 3. The summed E-state index contributed by atoms with van der Waals surface area (Å²) < 4.78 is 32.4. The predicted octanol–water partition coefficient (Wildman–Crippen LogP) is 4.21. The second-order valence-electron chi connectivity index (χ2n) is 8.63. The highest BCUT2D eigenvalue weighted by Crippen LogP contribution is 2.32. The third-order valence-electron chi connectivity index (χ3n) is 5.08. The summed E-state index contributed by atoms with van der Waals surface area (Å²) in [4.78, 5) is 20.9. The first-order chi connectivity index (χ1) is 12.5. The molecule has 0 bridgehead atoms. The number of amides is 1. The molecule has 1 amide bonds. The molecular formula is C20H29F2N3O2. The van der Waals surface area contributed by atoms with Gasteiger partial charge in [-0.15, -0.1) is 0 Å². The van der Waals surface area contributed by atoms with Gasteiger partial charge in [-0.25, -0.2) is 18.6 Å². The molecule has 1 aromatic rings. The van der Waals surface area contributed by atoms with Crippen molar-refractivity contribution in [2.75, 3.05) is 31.1 Å². The molecule has 3 heterocycles. The van der Waals surface area contributed by atoms with Crippen LogP contribution in [-0.2, 0) is 11.2 Å². The van der Waals surface area contributed by atoms with E-state index >= 15 is 0 Å². The molecule has 150 valence electrons. The van der Waals surface area contributed by atoms with Crippen LogP contribution in [0.5, 0.6) is 0 Å². The Hall–Kier alpha value is -1.92. The van der Waals surface area contributed by atoms with E-state index in [0.717, 1.165) is 17.1 Å². The second kappa shape index (κ2) is 7.24. The molecule has 2 aliphatic rings. The van der Waals surface area contributed by atoms with Gasteiger partial charge in [-0.2, -0.15) is 0 Å². The average Bonchev–Trinajstić information content (AvgIpc) is 2.72. The quantitative estimate of drug-likeness (QED) is 0.731. The van der Waals surface area contributed by atoms with Crippen molar-refractivity contribution < 1.29 is 18.3 Å². The molecule has 1 fully saturated rings. The Bertz CT molecular complexity index is 693. The number of anilines is 1. The van der Waals surface area contributed by atoms with Gasteiger partial charge in [0.1, 0.15) is 11.4 Å². The molecule has 0 unspecified atom stereocenters. The lowest BCUT2D eigenvalue weighted by molar-refractivity contribution is -0.0221. The molecule has 0 spiro atoms. The number of carbonyl (C=O) groups is 1. The Kier molecular flexibility index (Phi) is 5.32. The highest BCUT2D eigenvalue weighted by Gasteiger charge is 2.35. The summed E-state index contributed by atoms with van der Waals surface area (Å²) in [6, 6.07) is 3.94. The Balaban J connectivity index is 1.73. The topological polar surface area (TPSA) is 45.7 Å². The van der Waals surface area contributed by atoms with Crippen molar-refractivity contribution in [3.8, 4) is 0 Å². The van der Waals surface area contributed by atoms with Crippen LogP contribution in [-0.4, -0.2) is 53.7 Å². The smallest absolute Gasteiger partial charge is 0.410 e. The first-order valence-electron chi connectivity index (χ1n) is 9.65. The summed E-state index contributed by atoms with van der Waals surface area (Å²) in [5.74, 6) is -1.76. The van der Waals surface area contributed by atoms with Crippen LogP contribution in [0, 0.1) is 0 Å². The minimum absolute atomic E-state index is 0.0567. The van der Waals surface area contributed by atoms with Gasteiger partial charge in [0.25, 0.3) is 5.92 Å². The molecule has 5 nitrogen and oxygen atoms in total. The van der Waals surface area contributed by atoms with Gasteiger partial charge in [0.05, 0.1) is 5.69 Å². The zero-order valence-corrected chi connectivity index (χ0v) is 16.6. The van der Waals surface area contributed by atoms with Crippen LogP contribution in [0.4, 0.5) is 19.4 Å². The number of halogens is 2. The maximum Gasteiger partial charge on any atom is 0.410 e. The minimum atomic E-state index is -2.57. The summed E-state index contributed by atoms with van der Waals surface area (Å²) in [5, 5.41) is 0. The molecular weight excluding hydrogens is 352 g/mol. The molecule has 0 aromatic carbocycles. The van der Waals surface area contributed by atoms with E-state index in [1.165, 1.54) is 0 Å². The lowest BCUT2D eigenvalue weighted by Crippen LogP contribution is -2.40. The fraction of sp³-hybridized carbons (Fsp3) is 0.700. The van der Waals surface area contributed by atoms with Crippen LogP contribution in [0.25, 0.3) is 0 Å². The fourth-order valence-corrected chi connectivity index (χ4v) is 3.63. The number of fused-ring (bicyclic) bond motifs is 1. The first-order valence-corrected chi connectivity index (χ1v) is 9.65. The number of aromatic nitrogens is 1. The number of alkyl halides is 2. The monoisotopic (exact) mass is 381 g/mol. The van der Waals surface area contributed by atoms with Gasteiger partial charge in [0.2, 0.25) is 0 Å². The molecule has 0 N–H and O–H groups in total. The summed E-state index contributed by atoms with van der Waals surface area (Å²) in [7, 11) is 0. The Morgan fingerprint density at radius 1 is 1.22 bits per heavy atom. The molecule has 2 aliphatic heterocycles. The van der Waals surface area contributed by atoms with Crippen LogP contribution >= 0.6 is 0 Å². The van der Waals surface area contributed by atoms with Crippen molar-refractivity contribution in [3.05, 3.63) is 23.4 Å². The maximum absolute atomic E-state index is 13.4. The van der Waals surface area contributed by atoms with Crippen LogP contribution in [0.15, 0.2) is 12.1 Å². The van der Waals surface area contributed by atoms with Gasteiger partial charge in [-0.3, -0.25) is 0 Å². The highest BCUT2D eigenvalue weighted by molar-refractivity contribution is 5.68.